The summed E-state index contributed by atoms with van der Waals surface area (Å²) in [6, 6.07) is 4.14. The van der Waals surface area contributed by atoms with Crippen molar-refractivity contribution in [1.29, 1.82) is 0 Å². The molecule has 1 aromatic heterocycles. The minimum Gasteiger partial charge on any atom is -0.467 e. The molecule has 0 radical (unpaired) electrons. The number of nitrogens with one attached hydrogen (secondary N) is 1. The van der Waals surface area contributed by atoms with Gasteiger partial charge in [-0.05, 0) is 31.9 Å². The molecule has 0 saturated heterocycles. The van der Waals surface area contributed by atoms with Gasteiger partial charge >= 0.3 is 0 Å². The molecule has 1 unspecified atom stereocenters. The molecule has 1 aliphatic rings. The fourth-order valence-electron chi connectivity index (χ4n) is 2.16. The fourth-order valence-corrected chi connectivity index (χ4v) is 2.16. The van der Waals surface area contributed by atoms with Crippen LogP contribution >= 0.6 is 0 Å². The lowest BCUT2D eigenvalue weighted by Crippen LogP contribution is -2.48. The van der Waals surface area contributed by atoms with Crippen molar-refractivity contribution in [2.24, 2.45) is 0 Å². The summed E-state index contributed by atoms with van der Waals surface area (Å²) in [5.74, 6) is 0.777. The largest absolute Gasteiger partial charge is 0.467 e. The Morgan fingerprint density at radius 1 is 1.53 bits per heavy atom. The summed E-state index contributed by atoms with van der Waals surface area (Å²) in [7, 11) is 0. The van der Waals surface area contributed by atoms with E-state index in [1.807, 2.05) is 19.1 Å². The summed E-state index contributed by atoms with van der Waals surface area (Å²) in [4.78, 5) is 0. The van der Waals surface area contributed by atoms with Crippen molar-refractivity contribution in [3.05, 3.63) is 24.2 Å². The van der Waals surface area contributed by atoms with Crippen LogP contribution in [0.5, 0.6) is 0 Å². The van der Waals surface area contributed by atoms with Gasteiger partial charge in [0.25, 0.3) is 0 Å². The Morgan fingerprint density at radius 3 is 3.05 bits per heavy atom. The highest BCUT2D eigenvalue weighted by Crippen LogP contribution is 2.22. The summed E-state index contributed by atoms with van der Waals surface area (Å²) in [5, 5.41) is 13.1. The van der Waals surface area contributed by atoms with Gasteiger partial charge in [-0.2, -0.15) is 0 Å². The Kier molecular flexibility index (Phi) is 5.85. The van der Waals surface area contributed by atoms with Crippen LogP contribution < -0.4 is 5.32 Å². The van der Waals surface area contributed by atoms with Gasteiger partial charge in [0.1, 0.15) is 12.4 Å². The average molecular weight is 269 g/mol. The molecule has 1 atom stereocenters. The van der Waals surface area contributed by atoms with Gasteiger partial charge < -0.3 is 24.3 Å². The molecule has 1 fully saturated rings. The third-order valence-electron chi connectivity index (χ3n) is 3.27. The van der Waals surface area contributed by atoms with Crippen LogP contribution in [0.3, 0.4) is 0 Å². The minimum atomic E-state index is -0.485. The molecule has 0 amide bonds. The quantitative estimate of drug-likeness (QED) is 0.708. The molecule has 0 aliphatic heterocycles. The first kappa shape index (κ1) is 14.5. The van der Waals surface area contributed by atoms with E-state index in [0.717, 1.165) is 25.2 Å². The molecule has 19 heavy (non-hydrogen) atoms. The lowest BCUT2D eigenvalue weighted by atomic mass is 9.89. The van der Waals surface area contributed by atoms with Crippen LogP contribution in [0.15, 0.2) is 22.8 Å². The van der Waals surface area contributed by atoms with Gasteiger partial charge in [0, 0.05) is 19.2 Å². The second-order valence-corrected chi connectivity index (χ2v) is 4.90. The topological polar surface area (TPSA) is 63.9 Å². The van der Waals surface area contributed by atoms with Gasteiger partial charge in [-0.15, -0.1) is 0 Å². The summed E-state index contributed by atoms with van der Waals surface area (Å²) >= 11 is 0. The Bertz CT molecular complexity index is 335. The standard InChI is InChI=1S/C14H23NO4/c1-2-18-14-6-11(7-14)15-8-12(16)9-17-10-13-4-3-5-19-13/h3-5,11-12,14-16H,2,6-10H2,1H3. The maximum atomic E-state index is 9.77. The van der Waals surface area contributed by atoms with Gasteiger partial charge in [-0.1, -0.05) is 0 Å². The van der Waals surface area contributed by atoms with Crippen molar-refractivity contribution in [2.45, 2.75) is 44.6 Å². The van der Waals surface area contributed by atoms with E-state index in [1.54, 1.807) is 6.26 Å². The van der Waals surface area contributed by atoms with E-state index >= 15 is 0 Å². The molecular weight excluding hydrogens is 246 g/mol. The highest BCUT2D eigenvalue weighted by molar-refractivity contribution is 4.96. The van der Waals surface area contributed by atoms with E-state index in [1.165, 1.54) is 0 Å². The predicted molar refractivity (Wildman–Crippen MR) is 70.8 cm³/mol. The zero-order valence-electron chi connectivity index (χ0n) is 11.4. The number of aliphatic hydroxyl groups is 1. The van der Waals surface area contributed by atoms with E-state index in [4.69, 9.17) is 13.9 Å². The fraction of sp³-hybridized carbons (Fsp3) is 0.714. The zero-order chi connectivity index (χ0) is 13.5. The smallest absolute Gasteiger partial charge is 0.129 e. The Morgan fingerprint density at radius 2 is 2.37 bits per heavy atom. The Balaban J connectivity index is 1.47. The molecule has 2 N–H and O–H groups in total. The van der Waals surface area contributed by atoms with Gasteiger partial charge in [0.15, 0.2) is 0 Å². The normalized spacial score (nSPS) is 24.1. The van der Waals surface area contributed by atoms with Crippen LogP contribution in [0.1, 0.15) is 25.5 Å². The summed E-state index contributed by atoms with van der Waals surface area (Å²) in [6.07, 6.45) is 3.60. The van der Waals surface area contributed by atoms with Crippen LogP contribution in [0.2, 0.25) is 0 Å². The summed E-state index contributed by atoms with van der Waals surface area (Å²) in [5.41, 5.74) is 0. The zero-order valence-corrected chi connectivity index (χ0v) is 11.4. The van der Waals surface area contributed by atoms with Crippen LogP contribution in [-0.2, 0) is 16.1 Å². The minimum absolute atomic E-state index is 0.315. The molecule has 1 aromatic rings. The van der Waals surface area contributed by atoms with Crippen LogP contribution in [0.4, 0.5) is 0 Å². The molecule has 108 valence electrons. The summed E-state index contributed by atoms with van der Waals surface area (Å²) in [6.45, 7) is 4.07. The SMILES string of the molecule is CCOC1CC(NCC(O)COCc2ccco2)C1. The maximum Gasteiger partial charge on any atom is 0.129 e. The van der Waals surface area contributed by atoms with Crippen LogP contribution in [0.25, 0.3) is 0 Å². The number of ether oxygens (including phenoxy) is 2. The van der Waals surface area contributed by atoms with Crippen molar-refractivity contribution in [2.75, 3.05) is 19.8 Å². The monoisotopic (exact) mass is 269 g/mol. The molecule has 0 bridgehead atoms. The maximum absolute atomic E-state index is 9.77. The van der Waals surface area contributed by atoms with E-state index < -0.39 is 6.10 Å². The van der Waals surface area contributed by atoms with Crippen molar-refractivity contribution < 1.29 is 19.0 Å². The molecular formula is C14H23NO4. The van der Waals surface area contributed by atoms with Crippen LogP contribution in [-0.4, -0.2) is 43.1 Å². The van der Waals surface area contributed by atoms with Gasteiger partial charge in [-0.25, -0.2) is 0 Å². The first-order chi connectivity index (χ1) is 9.28. The third kappa shape index (κ3) is 4.95. The highest BCUT2D eigenvalue weighted by atomic mass is 16.5. The average Bonchev–Trinajstić information content (AvgIpc) is 2.85. The van der Waals surface area contributed by atoms with Crippen molar-refractivity contribution in [3.8, 4) is 0 Å². The Hall–Kier alpha value is -0.880. The number of furan rings is 1. The predicted octanol–water partition coefficient (Wildman–Crippen LogP) is 1.31. The molecule has 5 heteroatoms. The van der Waals surface area contributed by atoms with E-state index in [2.05, 4.69) is 5.32 Å². The number of rotatable bonds is 9. The van der Waals surface area contributed by atoms with Crippen molar-refractivity contribution in [3.63, 3.8) is 0 Å². The molecule has 1 heterocycles. The number of hydrogen-bond acceptors (Lipinski definition) is 5. The van der Waals surface area contributed by atoms with Crippen molar-refractivity contribution >= 4 is 0 Å². The van der Waals surface area contributed by atoms with Crippen molar-refractivity contribution in [1.82, 2.24) is 5.32 Å². The second kappa shape index (κ2) is 7.65. The lowest BCUT2D eigenvalue weighted by Gasteiger charge is -2.36. The molecule has 0 aromatic carbocycles. The van der Waals surface area contributed by atoms with E-state index in [-0.39, 0.29) is 0 Å². The molecule has 2 rings (SSSR count). The lowest BCUT2D eigenvalue weighted by molar-refractivity contribution is -0.0178. The molecule has 1 aliphatic carbocycles. The van der Waals surface area contributed by atoms with Crippen LogP contribution in [0, 0.1) is 0 Å². The van der Waals surface area contributed by atoms with Gasteiger partial charge in [-0.3, -0.25) is 0 Å². The van der Waals surface area contributed by atoms with Gasteiger partial charge in [0.05, 0.1) is 25.1 Å². The summed E-state index contributed by atoms with van der Waals surface area (Å²) < 4.78 is 16.0. The highest BCUT2D eigenvalue weighted by Gasteiger charge is 2.29. The first-order valence-electron chi connectivity index (χ1n) is 6.91. The number of aliphatic hydroxyl groups excluding tert-OH is 1. The number of hydrogen-bond donors (Lipinski definition) is 2. The molecule has 1 saturated carbocycles. The third-order valence-corrected chi connectivity index (χ3v) is 3.27. The Labute approximate surface area is 113 Å². The van der Waals surface area contributed by atoms with E-state index in [0.29, 0.717) is 31.9 Å². The molecule has 0 spiro atoms. The van der Waals surface area contributed by atoms with Gasteiger partial charge in [0.2, 0.25) is 0 Å². The second-order valence-electron chi connectivity index (χ2n) is 4.90. The molecule has 5 nitrogen and oxygen atoms in total. The first-order valence-corrected chi connectivity index (χ1v) is 6.91. The van der Waals surface area contributed by atoms with E-state index in [9.17, 15) is 5.11 Å².